The van der Waals surface area contributed by atoms with Crippen molar-refractivity contribution < 1.29 is 17.6 Å². The van der Waals surface area contributed by atoms with E-state index in [9.17, 15) is 17.6 Å². The summed E-state index contributed by atoms with van der Waals surface area (Å²) in [5.74, 6) is -1.15. The molecule has 0 spiro atoms. The lowest BCUT2D eigenvalue weighted by Gasteiger charge is -2.21. The van der Waals surface area contributed by atoms with Gasteiger partial charge in [0.05, 0.1) is 27.7 Å². The van der Waals surface area contributed by atoms with Gasteiger partial charge in [-0.15, -0.1) is 0 Å². The Morgan fingerprint density at radius 2 is 1.73 bits per heavy atom. The summed E-state index contributed by atoms with van der Waals surface area (Å²) in [5, 5.41) is 4.70. The number of hydrogen-bond donors (Lipinski definition) is 1. The minimum absolute atomic E-state index is 0.0389. The second-order valence-electron chi connectivity index (χ2n) is 6.82. The molecule has 0 saturated carbocycles. The van der Waals surface area contributed by atoms with E-state index in [0.29, 0.717) is 21.2 Å². The van der Waals surface area contributed by atoms with Gasteiger partial charge >= 0.3 is 0 Å². The predicted molar refractivity (Wildman–Crippen MR) is 128 cm³/mol. The number of carbonyl (C=O) groups excluding carboxylic acids is 1. The Bertz CT molecular complexity index is 1290. The second-order valence-corrected chi connectivity index (χ2v) is 10.0. The fourth-order valence-corrected chi connectivity index (χ4v) is 4.62. The monoisotopic (exact) mass is 527 g/mol. The van der Waals surface area contributed by atoms with Crippen LogP contribution in [0.15, 0.2) is 76.7 Å². The van der Waals surface area contributed by atoms with Crippen LogP contribution in [0.5, 0.6) is 0 Å². The van der Waals surface area contributed by atoms with E-state index < -0.39 is 28.3 Å². The Labute approximate surface area is 205 Å². The summed E-state index contributed by atoms with van der Waals surface area (Å²) >= 11 is 17.9. The van der Waals surface area contributed by atoms with Crippen LogP contribution in [0.25, 0.3) is 0 Å². The average molecular weight is 529 g/mol. The van der Waals surface area contributed by atoms with Crippen LogP contribution in [-0.4, -0.2) is 31.4 Å². The number of hydrazone groups is 1. The average Bonchev–Trinajstić information content (AvgIpc) is 2.76. The number of amides is 1. The van der Waals surface area contributed by atoms with E-state index in [4.69, 9.17) is 34.8 Å². The lowest BCUT2D eigenvalue weighted by molar-refractivity contribution is -0.121. The molecule has 3 aromatic carbocycles. The van der Waals surface area contributed by atoms with Crippen molar-refractivity contribution >= 4 is 56.9 Å². The minimum atomic E-state index is -4.08. The van der Waals surface area contributed by atoms with Crippen LogP contribution < -0.4 is 5.43 Å². The van der Waals surface area contributed by atoms with Crippen molar-refractivity contribution in [3.63, 3.8) is 0 Å². The SMILES string of the molecule is O=C(CN(Cc1ccc(Cl)c(Cl)c1)S(=O)(=O)c1ccc(Cl)cc1)N/N=C\c1cccc(F)c1. The van der Waals surface area contributed by atoms with Gasteiger partial charge in [0.15, 0.2) is 0 Å². The van der Waals surface area contributed by atoms with Crippen molar-refractivity contribution in [2.45, 2.75) is 11.4 Å². The quantitative estimate of drug-likeness (QED) is 0.325. The van der Waals surface area contributed by atoms with Crippen molar-refractivity contribution in [2.75, 3.05) is 6.54 Å². The number of benzene rings is 3. The fourth-order valence-electron chi connectivity index (χ4n) is 2.78. The molecular weight excluding hydrogens is 512 g/mol. The van der Waals surface area contributed by atoms with Crippen LogP contribution in [0.1, 0.15) is 11.1 Å². The Kier molecular flexibility index (Phi) is 8.45. The molecule has 3 rings (SSSR count). The maximum absolute atomic E-state index is 13.3. The van der Waals surface area contributed by atoms with E-state index in [2.05, 4.69) is 10.5 Å². The lowest BCUT2D eigenvalue weighted by atomic mass is 10.2. The molecule has 0 atom stereocenters. The number of halogens is 4. The molecule has 0 fully saturated rings. The summed E-state index contributed by atoms with van der Waals surface area (Å²) in [7, 11) is -4.08. The Hall–Kier alpha value is -2.49. The van der Waals surface area contributed by atoms with E-state index in [1.807, 2.05) is 0 Å². The summed E-state index contributed by atoms with van der Waals surface area (Å²) in [5.41, 5.74) is 3.21. The summed E-state index contributed by atoms with van der Waals surface area (Å²) in [6, 6.07) is 15.8. The summed E-state index contributed by atoms with van der Waals surface area (Å²) < 4.78 is 40.7. The van der Waals surface area contributed by atoms with Crippen LogP contribution in [0.3, 0.4) is 0 Å². The summed E-state index contributed by atoms with van der Waals surface area (Å²) in [6.07, 6.45) is 1.25. The Balaban J connectivity index is 1.81. The van der Waals surface area contributed by atoms with Gasteiger partial charge in [0.2, 0.25) is 10.0 Å². The van der Waals surface area contributed by atoms with Gasteiger partial charge < -0.3 is 0 Å². The van der Waals surface area contributed by atoms with Crippen molar-refractivity contribution in [2.24, 2.45) is 5.10 Å². The highest BCUT2D eigenvalue weighted by Gasteiger charge is 2.27. The topological polar surface area (TPSA) is 78.8 Å². The minimum Gasteiger partial charge on any atom is -0.272 e. The maximum atomic E-state index is 13.3. The molecule has 33 heavy (non-hydrogen) atoms. The Morgan fingerprint density at radius 3 is 2.39 bits per heavy atom. The molecule has 0 heterocycles. The number of nitrogens with one attached hydrogen (secondary N) is 1. The van der Waals surface area contributed by atoms with Crippen LogP contribution >= 0.6 is 34.8 Å². The molecule has 172 valence electrons. The van der Waals surface area contributed by atoms with E-state index in [1.165, 1.54) is 60.8 Å². The first-order chi connectivity index (χ1) is 15.6. The van der Waals surface area contributed by atoms with Gasteiger partial charge in [0, 0.05) is 11.6 Å². The zero-order valence-electron chi connectivity index (χ0n) is 16.9. The molecule has 11 heteroatoms. The predicted octanol–water partition coefficient (Wildman–Crippen LogP) is 5.13. The van der Waals surface area contributed by atoms with Gasteiger partial charge in [-0.1, -0.05) is 53.0 Å². The van der Waals surface area contributed by atoms with Gasteiger partial charge in [-0.3, -0.25) is 4.79 Å². The van der Waals surface area contributed by atoms with E-state index >= 15 is 0 Å². The first-order valence-corrected chi connectivity index (χ1v) is 12.0. The molecule has 1 N–H and O–H groups in total. The molecule has 0 bridgehead atoms. The second kappa shape index (κ2) is 11.1. The van der Waals surface area contributed by atoms with Gasteiger partial charge in [0.1, 0.15) is 5.82 Å². The molecule has 0 aliphatic rings. The number of carbonyl (C=O) groups is 1. The van der Waals surface area contributed by atoms with Gasteiger partial charge in [-0.2, -0.15) is 9.41 Å². The van der Waals surface area contributed by atoms with Crippen LogP contribution in [-0.2, 0) is 21.4 Å². The van der Waals surface area contributed by atoms with Gasteiger partial charge in [0.25, 0.3) is 5.91 Å². The molecule has 0 radical (unpaired) electrons. The largest absolute Gasteiger partial charge is 0.272 e. The summed E-state index contributed by atoms with van der Waals surface area (Å²) in [6.45, 7) is -0.686. The molecule has 3 aromatic rings. The third-order valence-electron chi connectivity index (χ3n) is 4.37. The normalized spacial score (nSPS) is 11.8. The smallest absolute Gasteiger partial charge is 0.255 e. The molecule has 0 saturated heterocycles. The highest BCUT2D eigenvalue weighted by molar-refractivity contribution is 7.89. The van der Waals surface area contributed by atoms with Crippen molar-refractivity contribution in [1.29, 1.82) is 0 Å². The van der Waals surface area contributed by atoms with Crippen LogP contribution in [0.4, 0.5) is 4.39 Å². The number of hydrogen-bond acceptors (Lipinski definition) is 4. The molecule has 0 unspecified atom stereocenters. The third kappa shape index (κ3) is 6.99. The zero-order chi connectivity index (χ0) is 24.0. The van der Waals surface area contributed by atoms with Crippen molar-refractivity contribution in [3.05, 3.63) is 98.7 Å². The molecule has 0 aliphatic heterocycles. The van der Waals surface area contributed by atoms with Crippen molar-refractivity contribution in [3.8, 4) is 0 Å². The first kappa shape index (κ1) is 25.1. The van der Waals surface area contributed by atoms with E-state index in [0.717, 1.165) is 4.31 Å². The molecule has 6 nitrogen and oxygen atoms in total. The fraction of sp³-hybridized carbons (Fsp3) is 0.0909. The standard InChI is InChI=1S/C22H17Cl3FN3O3S/c23-17-5-7-19(8-6-17)33(31,32)29(13-16-4-9-20(24)21(25)11-16)14-22(30)28-27-12-15-2-1-3-18(26)10-15/h1-12H,13-14H2,(H,28,30)/b27-12-. The van der Waals surface area contributed by atoms with Gasteiger partial charge in [-0.25, -0.2) is 18.2 Å². The number of nitrogens with zero attached hydrogens (tertiary/aromatic N) is 2. The highest BCUT2D eigenvalue weighted by atomic mass is 35.5. The maximum Gasteiger partial charge on any atom is 0.255 e. The molecular formula is C22H17Cl3FN3O3S. The molecule has 1 amide bonds. The number of rotatable bonds is 8. The molecule has 0 aromatic heterocycles. The Morgan fingerprint density at radius 1 is 1.00 bits per heavy atom. The van der Waals surface area contributed by atoms with Crippen LogP contribution in [0.2, 0.25) is 15.1 Å². The van der Waals surface area contributed by atoms with Crippen LogP contribution in [0, 0.1) is 5.82 Å². The number of sulfonamides is 1. The van der Waals surface area contributed by atoms with Gasteiger partial charge in [-0.05, 0) is 59.7 Å². The zero-order valence-corrected chi connectivity index (χ0v) is 20.0. The highest BCUT2D eigenvalue weighted by Crippen LogP contribution is 2.25. The lowest BCUT2D eigenvalue weighted by Crippen LogP contribution is -2.39. The van der Waals surface area contributed by atoms with Crippen molar-refractivity contribution in [1.82, 2.24) is 9.73 Å². The van der Waals surface area contributed by atoms with E-state index in [-0.39, 0.29) is 16.5 Å². The van der Waals surface area contributed by atoms with E-state index in [1.54, 1.807) is 12.1 Å². The third-order valence-corrected chi connectivity index (χ3v) is 7.16. The molecule has 0 aliphatic carbocycles. The first-order valence-electron chi connectivity index (χ1n) is 9.42. The summed E-state index contributed by atoms with van der Waals surface area (Å²) in [4.78, 5) is 12.4.